The molecule has 1 N–H and O–H groups in total. The van der Waals surface area contributed by atoms with E-state index in [0.29, 0.717) is 16.0 Å². The maximum Gasteiger partial charge on any atom is 0.248 e. The number of nitrogens with one attached hydrogen (secondary N) is 1. The van der Waals surface area contributed by atoms with Gasteiger partial charge in [0.2, 0.25) is 5.56 Å². The summed E-state index contributed by atoms with van der Waals surface area (Å²) in [4.78, 5) is 14.3. The molecule has 0 amide bonds. The van der Waals surface area contributed by atoms with E-state index < -0.39 is 7.14 Å². The van der Waals surface area contributed by atoms with Crippen LogP contribution in [-0.2, 0) is 4.57 Å². The number of hydrogen-bond acceptors (Lipinski definition) is 2. The summed E-state index contributed by atoms with van der Waals surface area (Å²) in [6.45, 7) is 0. The maximum absolute atomic E-state index is 13.8. The molecule has 0 bridgehead atoms. The fourth-order valence-electron chi connectivity index (χ4n) is 2.32. The van der Waals surface area contributed by atoms with E-state index in [1.807, 2.05) is 60.7 Å². The van der Waals surface area contributed by atoms with Crippen molar-refractivity contribution in [3.8, 4) is 0 Å². The number of benzene rings is 2. The first-order valence-corrected chi connectivity index (χ1v) is 8.33. The lowest BCUT2D eigenvalue weighted by Gasteiger charge is -2.19. The van der Waals surface area contributed by atoms with Crippen molar-refractivity contribution in [3.63, 3.8) is 0 Å². The van der Waals surface area contributed by atoms with Crippen LogP contribution in [0.15, 0.2) is 83.7 Å². The summed E-state index contributed by atoms with van der Waals surface area (Å²) >= 11 is 0. The standard InChI is InChI=1S/C17H14NO2P/c19-16-12-7-13-17(18-16)21(20,14-8-3-1-4-9-14)15-10-5-2-6-11-15/h1-13H,(H,18,19). The molecule has 104 valence electrons. The van der Waals surface area contributed by atoms with Gasteiger partial charge >= 0.3 is 0 Å². The largest absolute Gasteiger partial charge is 0.319 e. The van der Waals surface area contributed by atoms with E-state index in [-0.39, 0.29) is 5.56 Å². The average molecular weight is 295 g/mol. The monoisotopic (exact) mass is 295 g/mol. The lowest BCUT2D eigenvalue weighted by molar-refractivity contribution is 0.592. The highest BCUT2D eigenvalue weighted by Gasteiger charge is 2.30. The van der Waals surface area contributed by atoms with Crippen LogP contribution in [0, 0.1) is 0 Å². The molecule has 3 rings (SSSR count). The number of hydrogen-bond donors (Lipinski definition) is 1. The summed E-state index contributed by atoms with van der Waals surface area (Å²) < 4.78 is 13.8. The van der Waals surface area contributed by atoms with Crippen molar-refractivity contribution in [3.05, 3.63) is 89.2 Å². The Hall–Kier alpha value is -2.38. The highest BCUT2D eigenvalue weighted by Crippen LogP contribution is 2.40. The molecular formula is C17H14NO2P. The first-order chi connectivity index (χ1) is 10.2. The molecule has 1 aromatic heterocycles. The van der Waals surface area contributed by atoms with Crippen LogP contribution in [0.5, 0.6) is 0 Å². The fraction of sp³-hybridized carbons (Fsp3) is 0. The molecular weight excluding hydrogens is 281 g/mol. The Morgan fingerprint density at radius 2 is 1.19 bits per heavy atom. The second-order valence-electron chi connectivity index (χ2n) is 4.68. The summed E-state index contributed by atoms with van der Waals surface area (Å²) in [5.74, 6) is 0. The fourth-order valence-corrected chi connectivity index (χ4v) is 4.93. The second kappa shape index (κ2) is 5.55. The van der Waals surface area contributed by atoms with Crippen molar-refractivity contribution >= 4 is 23.2 Å². The molecule has 0 radical (unpaired) electrons. The minimum absolute atomic E-state index is 0.250. The van der Waals surface area contributed by atoms with E-state index in [0.717, 1.165) is 0 Å². The third-order valence-corrected chi connectivity index (χ3v) is 6.32. The Morgan fingerprint density at radius 3 is 1.67 bits per heavy atom. The van der Waals surface area contributed by atoms with Gasteiger partial charge in [-0.15, -0.1) is 0 Å². The van der Waals surface area contributed by atoms with Crippen molar-refractivity contribution in [1.82, 2.24) is 4.98 Å². The van der Waals surface area contributed by atoms with Crippen LogP contribution >= 0.6 is 7.14 Å². The van der Waals surface area contributed by atoms with Crippen molar-refractivity contribution < 1.29 is 4.57 Å². The number of pyridine rings is 1. The molecule has 21 heavy (non-hydrogen) atoms. The molecule has 0 saturated carbocycles. The van der Waals surface area contributed by atoms with Crippen LogP contribution in [0.4, 0.5) is 0 Å². The SMILES string of the molecule is O=c1cccc(P(=O)(c2ccccc2)c2ccccc2)[nH]1. The molecule has 0 unspecified atom stereocenters. The third-order valence-electron chi connectivity index (χ3n) is 3.33. The highest BCUT2D eigenvalue weighted by molar-refractivity contribution is 7.85. The quantitative estimate of drug-likeness (QED) is 0.752. The molecule has 0 aliphatic heterocycles. The summed E-state index contributed by atoms with van der Waals surface area (Å²) in [6, 6.07) is 23.3. The Morgan fingerprint density at radius 1 is 0.667 bits per heavy atom. The van der Waals surface area contributed by atoms with Gasteiger partial charge in [-0.25, -0.2) is 0 Å². The maximum atomic E-state index is 13.8. The summed E-state index contributed by atoms with van der Waals surface area (Å²) in [5.41, 5.74) is 0.201. The molecule has 3 nitrogen and oxygen atoms in total. The number of aromatic amines is 1. The van der Waals surface area contributed by atoms with Gasteiger partial charge in [0, 0.05) is 16.7 Å². The van der Waals surface area contributed by atoms with Crippen LogP contribution in [0.3, 0.4) is 0 Å². The van der Waals surface area contributed by atoms with E-state index in [9.17, 15) is 9.36 Å². The average Bonchev–Trinajstić information content (AvgIpc) is 2.56. The Kier molecular flexibility index (Phi) is 3.59. The van der Waals surface area contributed by atoms with Crippen LogP contribution in [0.25, 0.3) is 0 Å². The van der Waals surface area contributed by atoms with Crippen molar-refractivity contribution in [2.45, 2.75) is 0 Å². The zero-order valence-corrected chi connectivity index (χ0v) is 12.2. The lowest BCUT2D eigenvalue weighted by atomic mass is 10.4. The molecule has 2 aromatic carbocycles. The van der Waals surface area contributed by atoms with Crippen LogP contribution in [0.2, 0.25) is 0 Å². The van der Waals surface area contributed by atoms with Crippen molar-refractivity contribution in [2.24, 2.45) is 0 Å². The predicted octanol–water partition coefficient (Wildman–Crippen LogP) is 2.01. The van der Waals surface area contributed by atoms with Gasteiger partial charge in [0.15, 0.2) is 7.14 Å². The van der Waals surface area contributed by atoms with Gasteiger partial charge in [0.05, 0.1) is 5.44 Å². The van der Waals surface area contributed by atoms with Crippen LogP contribution in [-0.4, -0.2) is 4.98 Å². The van der Waals surface area contributed by atoms with Crippen molar-refractivity contribution in [2.75, 3.05) is 0 Å². The van der Waals surface area contributed by atoms with E-state index in [4.69, 9.17) is 0 Å². The van der Waals surface area contributed by atoms with Gasteiger partial charge in [-0.2, -0.15) is 0 Å². The summed E-state index contributed by atoms with van der Waals surface area (Å²) in [6.07, 6.45) is 0. The molecule has 0 spiro atoms. The van der Waals surface area contributed by atoms with E-state index >= 15 is 0 Å². The first-order valence-electron chi connectivity index (χ1n) is 6.62. The topological polar surface area (TPSA) is 49.9 Å². The van der Waals surface area contributed by atoms with E-state index in [1.165, 1.54) is 6.07 Å². The van der Waals surface area contributed by atoms with Gasteiger partial charge in [0.25, 0.3) is 0 Å². The van der Waals surface area contributed by atoms with E-state index in [2.05, 4.69) is 4.98 Å². The van der Waals surface area contributed by atoms with Gasteiger partial charge in [0.1, 0.15) is 0 Å². The Labute approximate surface area is 122 Å². The molecule has 0 aliphatic carbocycles. The molecule has 0 aliphatic rings. The minimum Gasteiger partial charge on any atom is -0.319 e. The first kappa shape index (κ1) is 13.6. The predicted molar refractivity (Wildman–Crippen MR) is 86.5 cm³/mol. The molecule has 1 heterocycles. The Balaban J connectivity index is 2.31. The smallest absolute Gasteiger partial charge is 0.248 e. The summed E-state index contributed by atoms with van der Waals surface area (Å²) in [7, 11) is -3.06. The molecule has 4 heteroatoms. The van der Waals surface area contributed by atoms with Gasteiger partial charge in [-0.05, 0) is 6.07 Å². The summed E-state index contributed by atoms with van der Waals surface area (Å²) in [5, 5.41) is 1.41. The van der Waals surface area contributed by atoms with Crippen molar-refractivity contribution in [1.29, 1.82) is 0 Å². The minimum atomic E-state index is -3.06. The number of rotatable bonds is 3. The van der Waals surface area contributed by atoms with Crippen LogP contribution < -0.4 is 21.6 Å². The normalized spacial score (nSPS) is 11.2. The molecule has 0 fully saturated rings. The number of H-pyrrole nitrogens is 1. The van der Waals surface area contributed by atoms with Gasteiger partial charge in [-0.1, -0.05) is 66.7 Å². The van der Waals surface area contributed by atoms with E-state index in [1.54, 1.807) is 12.1 Å². The molecule has 0 saturated heterocycles. The Bertz CT molecular complexity index is 798. The second-order valence-corrected chi connectivity index (χ2v) is 7.41. The van der Waals surface area contributed by atoms with Gasteiger partial charge in [-0.3, -0.25) is 4.79 Å². The van der Waals surface area contributed by atoms with Crippen LogP contribution in [0.1, 0.15) is 0 Å². The zero-order valence-electron chi connectivity index (χ0n) is 11.3. The zero-order chi connectivity index (χ0) is 14.7. The molecule has 3 aromatic rings. The lowest BCUT2D eigenvalue weighted by Crippen LogP contribution is -2.29. The highest BCUT2D eigenvalue weighted by atomic mass is 31.2. The third kappa shape index (κ3) is 2.48. The number of aromatic nitrogens is 1. The van der Waals surface area contributed by atoms with Gasteiger partial charge < -0.3 is 9.55 Å². The molecule has 0 atom stereocenters.